The van der Waals surface area contributed by atoms with E-state index in [1.807, 2.05) is 26.1 Å². The molecule has 2 aromatic rings. The van der Waals surface area contributed by atoms with Gasteiger partial charge >= 0.3 is 0 Å². The van der Waals surface area contributed by atoms with Crippen molar-refractivity contribution in [3.8, 4) is 0 Å². The van der Waals surface area contributed by atoms with Crippen molar-refractivity contribution in [1.29, 1.82) is 0 Å². The molecule has 80 valence electrons. The van der Waals surface area contributed by atoms with Crippen LogP contribution < -0.4 is 0 Å². The first kappa shape index (κ1) is 10.7. The van der Waals surface area contributed by atoms with Crippen LogP contribution in [0.1, 0.15) is 18.5 Å². The number of halogens is 1. The minimum atomic E-state index is 0.175. The van der Waals surface area contributed by atoms with E-state index in [2.05, 4.69) is 32.6 Å². The molecule has 2 rings (SSSR count). The van der Waals surface area contributed by atoms with E-state index in [1.165, 1.54) is 16.6 Å². The molecule has 2 nitrogen and oxygen atoms in total. The van der Waals surface area contributed by atoms with Crippen LogP contribution >= 0.6 is 15.9 Å². The summed E-state index contributed by atoms with van der Waals surface area (Å²) in [6.45, 7) is 2.21. The van der Waals surface area contributed by atoms with Crippen LogP contribution in [-0.2, 0) is 7.05 Å². The zero-order chi connectivity index (χ0) is 11.0. The van der Waals surface area contributed by atoms with Crippen LogP contribution in [0.5, 0.6) is 0 Å². The van der Waals surface area contributed by atoms with Gasteiger partial charge in [0.15, 0.2) is 0 Å². The van der Waals surface area contributed by atoms with Crippen molar-refractivity contribution in [2.24, 2.45) is 7.05 Å². The van der Waals surface area contributed by atoms with E-state index in [4.69, 9.17) is 0 Å². The van der Waals surface area contributed by atoms with Gasteiger partial charge in [0.25, 0.3) is 0 Å². The molecule has 0 aliphatic carbocycles. The normalized spacial score (nSPS) is 13.3. The summed E-state index contributed by atoms with van der Waals surface area (Å²) in [7, 11) is 2.04. The van der Waals surface area contributed by atoms with Gasteiger partial charge in [-0.15, -0.1) is 0 Å². The summed E-state index contributed by atoms with van der Waals surface area (Å²) in [5.74, 6) is 0.175. The number of rotatable bonds is 2. The number of aliphatic hydroxyl groups is 1. The third-order valence-corrected chi connectivity index (χ3v) is 3.54. The highest BCUT2D eigenvalue weighted by molar-refractivity contribution is 9.10. The molecule has 0 saturated heterocycles. The van der Waals surface area contributed by atoms with Gasteiger partial charge in [0.05, 0.1) is 6.61 Å². The third-order valence-electron chi connectivity index (χ3n) is 2.85. The van der Waals surface area contributed by atoms with Gasteiger partial charge in [0, 0.05) is 34.0 Å². The lowest BCUT2D eigenvalue weighted by Gasteiger charge is -2.09. The number of aryl methyl sites for hydroxylation is 1. The molecule has 0 fully saturated rings. The monoisotopic (exact) mass is 267 g/mol. The molecule has 0 radical (unpaired) electrons. The van der Waals surface area contributed by atoms with Crippen LogP contribution in [0.15, 0.2) is 28.7 Å². The van der Waals surface area contributed by atoms with Crippen molar-refractivity contribution in [3.05, 3.63) is 34.4 Å². The Kier molecular flexibility index (Phi) is 2.85. The first-order chi connectivity index (χ1) is 7.15. The summed E-state index contributed by atoms with van der Waals surface area (Å²) < 4.78 is 3.24. The average molecular weight is 268 g/mol. The van der Waals surface area contributed by atoms with Crippen molar-refractivity contribution in [1.82, 2.24) is 4.57 Å². The maximum absolute atomic E-state index is 9.18. The lowest BCUT2D eigenvalue weighted by molar-refractivity contribution is 0.269. The minimum absolute atomic E-state index is 0.175. The molecular weight excluding hydrogens is 254 g/mol. The van der Waals surface area contributed by atoms with Crippen LogP contribution in [-0.4, -0.2) is 16.3 Å². The van der Waals surface area contributed by atoms with Crippen molar-refractivity contribution >= 4 is 26.8 Å². The van der Waals surface area contributed by atoms with Crippen LogP contribution in [0.3, 0.4) is 0 Å². The molecule has 0 spiro atoms. The molecule has 0 aliphatic heterocycles. The van der Waals surface area contributed by atoms with Crippen LogP contribution in [0, 0.1) is 0 Å². The molecule has 1 N–H and O–H groups in total. The second-order valence-electron chi connectivity index (χ2n) is 3.88. The van der Waals surface area contributed by atoms with Gasteiger partial charge in [0.1, 0.15) is 0 Å². The summed E-state index contributed by atoms with van der Waals surface area (Å²) in [6.07, 6.45) is 0. The van der Waals surface area contributed by atoms with E-state index in [-0.39, 0.29) is 12.5 Å². The molecule has 0 aliphatic rings. The molecule has 1 aromatic carbocycles. The van der Waals surface area contributed by atoms with E-state index in [9.17, 15) is 5.11 Å². The van der Waals surface area contributed by atoms with E-state index < -0.39 is 0 Å². The summed E-state index contributed by atoms with van der Waals surface area (Å²) in [5.41, 5.74) is 2.36. The summed E-state index contributed by atoms with van der Waals surface area (Å²) >= 11 is 3.54. The number of nitrogens with zero attached hydrogens (tertiary/aromatic N) is 1. The lowest BCUT2D eigenvalue weighted by atomic mass is 10.1. The quantitative estimate of drug-likeness (QED) is 0.889. The maximum atomic E-state index is 9.18. The molecule has 1 aromatic heterocycles. The van der Waals surface area contributed by atoms with E-state index >= 15 is 0 Å². The topological polar surface area (TPSA) is 25.2 Å². The van der Waals surface area contributed by atoms with Crippen LogP contribution in [0.25, 0.3) is 10.9 Å². The summed E-state index contributed by atoms with van der Waals surface area (Å²) in [6, 6.07) is 8.30. The third kappa shape index (κ3) is 1.70. The van der Waals surface area contributed by atoms with Gasteiger partial charge in [-0.25, -0.2) is 0 Å². The van der Waals surface area contributed by atoms with E-state index in [0.717, 1.165) is 4.47 Å². The van der Waals surface area contributed by atoms with Gasteiger partial charge in [-0.05, 0) is 18.2 Å². The minimum Gasteiger partial charge on any atom is -0.396 e. The number of aliphatic hydroxyl groups excluding tert-OH is 1. The standard InChI is InChI=1S/C12H14BrNO/c1-8(7-15)12-6-9-10(13)4-3-5-11(9)14(12)2/h3-6,8,15H,7H2,1-2H3. The van der Waals surface area contributed by atoms with Gasteiger partial charge < -0.3 is 9.67 Å². The Balaban J connectivity index is 2.69. The fourth-order valence-electron chi connectivity index (χ4n) is 1.91. The first-order valence-corrected chi connectivity index (χ1v) is 5.79. The van der Waals surface area contributed by atoms with Gasteiger partial charge in [0.2, 0.25) is 0 Å². The van der Waals surface area contributed by atoms with E-state index in [0.29, 0.717) is 0 Å². The first-order valence-electron chi connectivity index (χ1n) is 5.00. The molecule has 1 atom stereocenters. The van der Waals surface area contributed by atoms with Gasteiger partial charge in [-0.1, -0.05) is 28.9 Å². The number of hydrogen-bond donors (Lipinski definition) is 1. The zero-order valence-electron chi connectivity index (χ0n) is 8.87. The Morgan fingerprint density at radius 2 is 2.20 bits per heavy atom. The second-order valence-corrected chi connectivity index (χ2v) is 4.74. The molecule has 0 amide bonds. The Bertz CT molecular complexity index is 490. The lowest BCUT2D eigenvalue weighted by Crippen LogP contribution is -2.04. The van der Waals surface area contributed by atoms with Crippen LogP contribution in [0.4, 0.5) is 0 Å². The molecule has 15 heavy (non-hydrogen) atoms. The SMILES string of the molecule is CC(CO)c1cc2c(Br)cccc2n1C. The predicted molar refractivity (Wildman–Crippen MR) is 66.1 cm³/mol. The Hall–Kier alpha value is -0.800. The molecule has 3 heteroatoms. The Labute approximate surface area is 97.7 Å². The highest BCUT2D eigenvalue weighted by atomic mass is 79.9. The molecular formula is C12H14BrNO. The smallest absolute Gasteiger partial charge is 0.0511 e. The Morgan fingerprint density at radius 3 is 2.80 bits per heavy atom. The second kappa shape index (κ2) is 3.99. The van der Waals surface area contributed by atoms with Crippen molar-refractivity contribution in [2.45, 2.75) is 12.8 Å². The van der Waals surface area contributed by atoms with E-state index in [1.54, 1.807) is 0 Å². The molecule has 1 heterocycles. The van der Waals surface area contributed by atoms with Crippen molar-refractivity contribution < 1.29 is 5.11 Å². The number of benzene rings is 1. The largest absolute Gasteiger partial charge is 0.396 e. The fraction of sp³-hybridized carbons (Fsp3) is 0.333. The Morgan fingerprint density at radius 1 is 1.47 bits per heavy atom. The fourth-order valence-corrected chi connectivity index (χ4v) is 2.38. The predicted octanol–water partition coefficient (Wildman–Crippen LogP) is 3.04. The summed E-state index contributed by atoms with van der Waals surface area (Å²) in [4.78, 5) is 0. The number of fused-ring (bicyclic) bond motifs is 1. The van der Waals surface area contributed by atoms with Gasteiger partial charge in [-0.3, -0.25) is 0 Å². The van der Waals surface area contributed by atoms with Crippen molar-refractivity contribution in [3.63, 3.8) is 0 Å². The average Bonchev–Trinajstić information content (AvgIpc) is 2.57. The molecule has 1 unspecified atom stereocenters. The maximum Gasteiger partial charge on any atom is 0.0511 e. The van der Waals surface area contributed by atoms with Gasteiger partial charge in [-0.2, -0.15) is 0 Å². The van der Waals surface area contributed by atoms with Crippen molar-refractivity contribution in [2.75, 3.05) is 6.61 Å². The van der Waals surface area contributed by atoms with Crippen LogP contribution in [0.2, 0.25) is 0 Å². The highest BCUT2D eigenvalue weighted by Gasteiger charge is 2.12. The zero-order valence-corrected chi connectivity index (χ0v) is 10.5. The molecule has 0 saturated carbocycles. The number of aromatic nitrogens is 1. The summed E-state index contributed by atoms with van der Waals surface area (Å²) in [5, 5.41) is 10.4. The number of hydrogen-bond acceptors (Lipinski definition) is 1. The molecule has 0 bridgehead atoms. The highest BCUT2D eigenvalue weighted by Crippen LogP contribution is 2.29.